The number of aliphatic carboxylic acids is 1. The third-order valence-electron chi connectivity index (χ3n) is 3.35. The van der Waals surface area contributed by atoms with Crippen LogP contribution in [0.3, 0.4) is 0 Å². The van der Waals surface area contributed by atoms with Crippen LogP contribution in [0.1, 0.15) is 29.3 Å². The van der Waals surface area contributed by atoms with Gasteiger partial charge in [0.15, 0.2) is 6.61 Å². The lowest BCUT2D eigenvalue weighted by Crippen LogP contribution is -2.20. The summed E-state index contributed by atoms with van der Waals surface area (Å²) in [7, 11) is 0. The fourth-order valence-electron chi connectivity index (χ4n) is 2.09. The van der Waals surface area contributed by atoms with Gasteiger partial charge in [-0.1, -0.05) is 30.1 Å². The normalized spacial score (nSPS) is 11.1. The standard InChI is InChI=1S/C18H16Cl2N2O4/c1-2-16(11-3-6-13(7-4-11)26-10-17(23)24)21-22-18(25)14-9-12(19)5-8-15(14)20/h3-9H,2,10H2,1H3,(H,22,25)(H,23,24)/b21-16-. The van der Waals surface area contributed by atoms with Crippen molar-refractivity contribution in [2.75, 3.05) is 6.61 Å². The summed E-state index contributed by atoms with van der Waals surface area (Å²) >= 11 is 11.9. The average molecular weight is 395 g/mol. The molecule has 0 radical (unpaired) electrons. The molecule has 26 heavy (non-hydrogen) atoms. The second-order valence-electron chi connectivity index (χ2n) is 5.18. The van der Waals surface area contributed by atoms with Crippen molar-refractivity contribution in [1.29, 1.82) is 0 Å². The number of hydrazone groups is 1. The lowest BCUT2D eigenvalue weighted by molar-refractivity contribution is -0.139. The number of hydrogen-bond donors (Lipinski definition) is 2. The maximum Gasteiger partial charge on any atom is 0.341 e. The number of hydrogen-bond acceptors (Lipinski definition) is 4. The summed E-state index contributed by atoms with van der Waals surface area (Å²) in [5.74, 6) is -1.08. The van der Waals surface area contributed by atoms with Gasteiger partial charge < -0.3 is 9.84 Å². The first-order valence-corrected chi connectivity index (χ1v) is 8.43. The molecule has 0 aliphatic carbocycles. The number of rotatable bonds is 7. The maximum atomic E-state index is 12.2. The summed E-state index contributed by atoms with van der Waals surface area (Å²) in [4.78, 5) is 22.7. The van der Waals surface area contributed by atoms with Gasteiger partial charge in [-0.25, -0.2) is 10.2 Å². The lowest BCUT2D eigenvalue weighted by Gasteiger charge is -2.08. The molecule has 0 saturated heterocycles. The van der Waals surface area contributed by atoms with E-state index in [-0.39, 0.29) is 10.6 Å². The number of nitrogens with one attached hydrogen (secondary N) is 1. The lowest BCUT2D eigenvalue weighted by atomic mass is 10.1. The summed E-state index contributed by atoms with van der Waals surface area (Å²) in [6.45, 7) is 1.48. The Hall–Kier alpha value is -2.57. The molecule has 0 aliphatic rings. The van der Waals surface area contributed by atoms with E-state index in [1.54, 1.807) is 36.4 Å². The Morgan fingerprint density at radius 1 is 1.15 bits per heavy atom. The number of ether oxygens (including phenoxy) is 1. The third-order valence-corrected chi connectivity index (χ3v) is 3.91. The van der Waals surface area contributed by atoms with E-state index in [2.05, 4.69) is 10.5 Å². The quantitative estimate of drug-likeness (QED) is 0.548. The van der Waals surface area contributed by atoms with E-state index in [9.17, 15) is 9.59 Å². The van der Waals surface area contributed by atoms with E-state index in [1.807, 2.05) is 6.92 Å². The Labute approximate surface area is 160 Å². The maximum absolute atomic E-state index is 12.2. The van der Waals surface area contributed by atoms with Gasteiger partial charge in [0.05, 0.1) is 16.3 Å². The van der Waals surface area contributed by atoms with Crippen LogP contribution in [0.2, 0.25) is 10.0 Å². The number of carbonyl (C=O) groups is 2. The van der Waals surface area contributed by atoms with Crippen LogP contribution in [-0.4, -0.2) is 29.3 Å². The van der Waals surface area contributed by atoms with Gasteiger partial charge in [0.25, 0.3) is 5.91 Å². The Balaban J connectivity index is 2.11. The zero-order valence-electron chi connectivity index (χ0n) is 13.8. The molecule has 0 fully saturated rings. The number of carbonyl (C=O) groups excluding carboxylic acids is 1. The van der Waals surface area contributed by atoms with Crippen LogP contribution in [0.5, 0.6) is 5.75 Å². The molecule has 2 N–H and O–H groups in total. The molecule has 6 nitrogen and oxygen atoms in total. The predicted molar refractivity (Wildman–Crippen MR) is 100 cm³/mol. The summed E-state index contributed by atoms with van der Waals surface area (Å²) < 4.78 is 5.08. The van der Waals surface area contributed by atoms with Crippen LogP contribution < -0.4 is 10.2 Å². The zero-order valence-corrected chi connectivity index (χ0v) is 15.3. The van der Waals surface area contributed by atoms with Gasteiger partial charge >= 0.3 is 5.97 Å². The summed E-state index contributed by atoms with van der Waals surface area (Å²) in [5, 5.41) is 13.4. The highest BCUT2D eigenvalue weighted by molar-refractivity contribution is 6.35. The van der Waals surface area contributed by atoms with Crippen molar-refractivity contribution in [3.8, 4) is 5.75 Å². The molecule has 2 rings (SSSR count). The molecular weight excluding hydrogens is 379 g/mol. The van der Waals surface area contributed by atoms with E-state index in [1.165, 1.54) is 6.07 Å². The molecule has 0 aromatic heterocycles. The predicted octanol–water partition coefficient (Wildman–Crippen LogP) is 4.00. The Kier molecular flexibility index (Phi) is 7.00. The molecule has 8 heteroatoms. The van der Waals surface area contributed by atoms with Gasteiger partial charge in [-0.3, -0.25) is 4.79 Å². The molecule has 2 aromatic carbocycles. The number of carboxylic acids is 1. The highest BCUT2D eigenvalue weighted by atomic mass is 35.5. The van der Waals surface area contributed by atoms with Crippen molar-refractivity contribution in [1.82, 2.24) is 5.43 Å². The number of amides is 1. The first-order valence-electron chi connectivity index (χ1n) is 7.67. The first-order chi connectivity index (χ1) is 12.4. The molecule has 0 bridgehead atoms. The van der Waals surface area contributed by atoms with Crippen molar-refractivity contribution in [2.45, 2.75) is 13.3 Å². The van der Waals surface area contributed by atoms with Crippen LogP contribution in [-0.2, 0) is 4.79 Å². The van der Waals surface area contributed by atoms with Gasteiger partial charge in [0.1, 0.15) is 5.75 Å². The Bertz CT molecular complexity index is 836. The number of nitrogens with zero attached hydrogens (tertiary/aromatic N) is 1. The van der Waals surface area contributed by atoms with Crippen molar-refractivity contribution in [3.63, 3.8) is 0 Å². The third kappa shape index (κ3) is 5.47. The molecular formula is C18H16Cl2N2O4. The molecule has 0 heterocycles. The molecule has 0 aliphatic heterocycles. The molecule has 0 spiro atoms. The zero-order chi connectivity index (χ0) is 19.1. The van der Waals surface area contributed by atoms with E-state index in [0.29, 0.717) is 22.9 Å². The molecule has 0 unspecified atom stereocenters. The van der Waals surface area contributed by atoms with E-state index >= 15 is 0 Å². The Morgan fingerprint density at radius 3 is 2.46 bits per heavy atom. The SMILES string of the molecule is CC/C(=N/NC(=O)c1cc(Cl)ccc1Cl)c1ccc(OCC(=O)O)cc1. The molecule has 0 saturated carbocycles. The minimum atomic E-state index is -1.05. The fourth-order valence-corrected chi connectivity index (χ4v) is 2.46. The highest BCUT2D eigenvalue weighted by Crippen LogP contribution is 2.20. The van der Waals surface area contributed by atoms with E-state index < -0.39 is 18.5 Å². The minimum absolute atomic E-state index is 0.232. The summed E-state index contributed by atoms with van der Waals surface area (Å²) in [6.07, 6.45) is 0.568. The average Bonchev–Trinajstić information content (AvgIpc) is 2.63. The fraction of sp³-hybridized carbons (Fsp3) is 0.167. The van der Waals surface area contributed by atoms with Gasteiger partial charge in [0, 0.05) is 5.02 Å². The van der Waals surface area contributed by atoms with Gasteiger partial charge in [-0.15, -0.1) is 0 Å². The second-order valence-corrected chi connectivity index (χ2v) is 6.03. The molecule has 136 valence electrons. The first kappa shape index (κ1) is 19.8. The second kappa shape index (κ2) is 9.22. The van der Waals surface area contributed by atoms with Crippen molar-refractivity contribution in [3.05, 3.63) is 63.6 Å². The minimum Gasteiger partial charge on any atom is -0.482 e. The largest absolute Gasteiger partial charge is 0.482 e. The number of carboxylic acid groups (broad SMARTS) is 1. The van der Waals surface area contributed by atoms with Crippen LogP contribution >= 0.6 is 23.2 Å². The van der Waals surface area contributed by atoms with Crippen LogP contribution in [0.15, 0.2) is 47.6 Å². The van der Waals surface area contributed by atoms with Crippen LogP contribution in [0.25, 0.3) is 0 Å². The van der Waals surface area contributed by atoms with Crippen LogP contribution in [0, 0.1) is 0 Å². The van der Waals surface area contributed by atoms with Crippen molar-refractivity contribution >= 4 is 40.8 Å². The van der Waals surface area contributed by atoms with Gasteiger partial charge in [-0.2, -0.15) is 5.10 Å². The number of halogens is 2. The summed E-state index contributed by atoms with van der Waals surface area (Å²) in [6, 6.07) is 11.3. The topological polar surface area (TPSA) is 88.0 Å². The molecule has 1 amide bonds. The Morgan fingerprint density at radius 2 is 1.85 bits per heavy atom. The van der Waals surface area contributed by atoms with Gasteiger partial charge in [0.2, 0.25) is 0 Å². The van der Waals surface area contributed by atoms with Crippen LogP contribution in [0.4, 0.5) is 0 Å². The monoisotopic (exact) mass is 394 g/mol. The van der Waals surface area contributed by atoms with E-state index in [0.717, 1.165) is 5.56 Å². The molecule has 0 atom stereocenters. The van der Waals surface area contributed by atoms with Gasteiger partial charge in [-0.05, 0) is 54.4 Å². The highest BCUT2D eigenvalue weighted by Gasteiger charge is 2.11. The molecule has 2 aromatic rings. The van der Waals surface area contributed by atoms with Crippen molar-refractivity contribution in [2.24, 2.45) is 5.10 Å². The van der Waals surface area contributed by atoms with Crippen molar-refractivity contribution < 1.29 is 19.4 Å². The van der Waals surface area contributed by atoms with E-state index in [4.69, 9.17) is 33.0 Å². The number of benzene rings is 2. The smallest absolute Gasteiger partial charge is 0.341 e. The summed E-state index contributed by atoms with van der Waals surface area (Å²) in [5.41, 5.74) is 4.11.